The summed E-state index contributed by atoms with van der Waals surface area (Å²) >= 11 is 29.1. The molecule has 0 amide bonds. The summed E-state index contributed by atoms with van der Waals surface area (Å²) in [5.41, 5.74) is 6.80. The molecule has 0 spiro atoms. The van der Waals surface area contributed by atoms with E-state index in [-0.39, 0.29) is 30.0 Å². The van der Waals surface area contributed by atoms with E-state index in [4.69, 9.17) is 89.1 Å². The van der Waals surface area contributed by atoms with Crippen LogP contribution in [0, 0.1) is 23.7 Å². The van der Waals surface area contributed by atoms with E-state index in [0.29, 0.717) is 126 Å². The number of halogens is 4. The number of carbonyl (C=O) groups is 2. The first-order chi connectivity index (χ1) is 41.0. The highest BCUT2D eigenvalue weighted by Crippen LogP contribution is 2.53. The number of ether oxygens (including phenoxy) is 5. The number of carboxylic acids is 1. The molecule has 0 radical (unpaired) electrons. The second kappa shape index (κ2) is 24.1. The summed E-state index contributed by atoms with van der Waals surface area (Å²) in [6, 6.07) is 18.3. The van der Waals surface area contributed by atoms with Crippen molar-refractivity contribution in [2.75, 3.05) is 17.7 Å². The van der Waals surface area contributed by atoms with Gasteiger partial charge < -0.3 is 48.5 Å². The summed E-state index contributed by atoms with van der Waals surface area (Å²) in [6.07, 6.45) is 10.7. The maximum Gasteiger partial charge on any atom is 0.338 e. The van der Waals surface area contributed by atoms with E-state index < -0.39 is 11.9 Å². The fraction of sp³-hybridized carbons (Fsp3) is 0.460. The molecule has 4 aromatic heterocycles. The summed E-state index contributed by atoms with van der Waals surface area (Å²) < 4.78 is 43.4. The number of nitrogens with zero attached hydrogens (tertiary/aromatic N) is 4. The fourth-order valence-electron chi connectivity index (χ4n) is 13.2. The number of hydrogen-bond donors (Lipinski definition) is 3. The topological polar surface area (TPSA) is 202 Å². The SMILES string of the molecule is CC(C)Oc1cc(C(=O)O)cc2sc(N[C@H]3C[C@@H]4C[C@H]3C[C@@H]4OCc3c(-c4c(Cl)cccc4Cl)noc3C3CC3)nc12.COC(=O)c1cc(OC(C)C)c2nc(N[C@H]3C[C@@H]4C[C@H]3C[C@@H]4OCc3c(-c4c(Cl)cccc4Cl)noc3C3CC3)sc2c1. The summed E-state index contributed by atoms with van der Waals surface area (Å²) in [4.78, 5) is 33.6. The van der Waals surface area contributed by atoms with Crippen LogP contribution in [0.15, 0.2) is 69.7 Å². The lowest BCUT2D eigenvalue weighted by Gasteiger charge is -2.28. The van der Waals surface area contributed by atoms with Gasteiger partial charge in [0.1, 0.15) is 45.4 Å². The molecule has 6 aliphatic carbocycles. The number of anilines is 2. The molecule has 6 saturated carbocycles. The highest BCUT2D eigenvalue weighted by molar-refractivity contribution is 7.22. The van der Waals surface area contributed by atoms with Gasteiger partial charge in [0.25, 0.3) is 0 Å². The number of aromatic carboxylic acids is 1. The minimum Gasteiger partial charge on any atom is -0.489 e. The van der Waals surface area contributed by atoms with E-state index in [0.717, 1.165) is 112 Å². The number of rotatable bonds is 20. The summed E-state index contributed by atoms with van der Waals surface area (Å²) in [6.45, 7) is 8.59. The molecule has 3 N–H and O–H groups in total. The molecule has 6 fully saturated rings. The molecule has 16 nitrogen and oxygen atoms in total. The van der Waals surface area contributed by atoms with Gasteiger partial charge in [-0.2, -0.15) is 0 Å². The van der Waals surface area contributed by atoms with Crippen molar-refractivity contribution in [1.82, 2.24) is 20.3 Å². The fourth-order valence-corrected chi connectivity index (χ4v) is 16.3. The van der Waals surface area contributed by atoms with Crippen LogP contribution in [0.4, 0.5) is 10.3 Å². The van der Waals surface area contributed by atoms with E-state index in [1.807, 2.05) is 70.2 Å². The molecule has 0 unspecified atom stereocenters. The van der Waals surface area contributed by atoms with Crippen molar-refractivity contribution in [3.8, 4) is 34.0 Å². The molecular formula is C63H64Cl4N6O10S2. The molecule has 22 heteroatoms. The highest BCUT2D eigenvalue weighted by Gasteiger charge is 2.49. The number of carboxylic acid groups (broad SMARTS) is 1. The molecule has 0 aliphatic heterocycles. The lowest BCUT2D eigenvalue weighted by molar-refractivity contribution is 0.00314. The minimum atomic E-state index is -0.981. The molecule has 4 aromatic carbocycles. The van der Waals surface area contributed by atoms with Crippen molar-refractivity contribution in [1.29, 1.82) is 0 Å². The van der Waals surface area contributed by atoms with Gasteiger partial charge in [0.2, 0.25) is 0 Å². The monoisotopic (exact) mass is 1270 g/mol. The van der Waals surface area contributed by atoms with E-state index in [2.05, 4.69) is 20.9 Å². The summed E-state index contributed by atoms with van der Waals surface area (Å²) in [5, 5.41) is 29.5. The quantitative estimate of drug-likeness (QED) is 0.0608. The number of esters is 1. The van der Waals surface area contributed by atoms with Gasteiger partial charge in [-0.05, 0) is 164 Å². The second-order valence-corrected chi connectivity index (χ2v) is 27.6. The van der Waals surface area contributed by atoms with Crippen LogP contribution < -0.4 is 20.1 Å². The Bertz CT molecular complexity index is 3800. The van der Waals surface area contributed by atoms with Crippen LogP contribution in [-0.4, -0.2) is 80.9 Å². The molecular weight excluding hydrogens is 1210 g/mol. The summed E-state index contributed by atoms with van der Waals surface area (Å²) in [5.74, 6) is 4.14. The van der Waals surface area contributed by atoms with Gasteiger partial charge in [0.05, 0.1) is 85.4 Å². The molecule has 4 bridgehead atoms. The third-order valence-electron chi connectivity index (χ3n) is 17.3. The second-order valence-electron chi connectivity index (χ2n) is 24.0. The van der Waals surface area contributed by atoms with Crippen molar-refractivity contribution in [3.63, 3.8) is 0 Å². The largest absolute Gasteiger partial charge is 0.489 e. The first-order valence-electron chi connectivity index (χ1n) is 29.2. The average Bonchev–Trinajstić information content (AvgIpc) is 2.70. The number of aromatic nitrogens is 4. The van der Waals surface area contributed by atoms with Crippen molar-refractivity contribution in [3.05, 3.63) is 115 Å². The van der Waals surface area contributed by atoms with Crippen LogP contribution in [0.3, 0.4) is 0 Å². The maximum atomic E-state index is 12.3. The van der Waals surface area contributed by atoms with Crippen molar-refractivity contribution in [2.24, 2.45) is 23.7 Å². The molecule has 6 aliphatic rings. The number of nitrogens with one attached hydrogen (secondary N) is 2. The molecule has 85 heavy (non-hydrogen) atoms. The van der Waals surface area contributed by atoms with Crippen LogP contribution in [0.25, 0.3) is 42.9 Å². The predicted molar refractivity (Wildman–Crippen MR) is 331 cm³/mol. The van der Waals surface area contributed by atoms with Gasteiger partial charge in [-0.1, -0.05) is 91.5 Å². The molecule has 4 heterocycles. The molecule has 8 atom stereocenters. The van der Waals surface area contributed by atoms with Gasteiger partial charge in [-0.3, -0.25) is 0 Å². The maximum absolute atomic E-state index is 12.3. The number of thiazole rings is 2. The van der Waals surface area contributed by atoms with Gasteiger partial charge in [0, 0.05) is 46.2 Å². The Morgan fingerprint density at radius 1 is 0.612 bits per heavy atom. The first-order valence-corrected chi connectivity index (χ1v) is 32.3. The number of methoxy groups -OCH3 is 1. The zero-order valence-electron chi connectivity index (χ0n) is 47.4. The molecule has 446 valence electrons. The average molecular weight is 1270 g/mol. The lowest BCUT2D eigenvalue weighted by Crippen LogP contribution is -2.32. The molecule has 14 rings (SSSR count). The van der Waals surface area contributed by atoms with Crippen molar-refractivity contribution >= 4 is 112 Å². The normalized spacial score (nSPS) is 23.1. The Morgan fingerprint density at radius 3 is 1.41 bits per heavy atom. The summed E-state index contributed by atoms with van der Waals surface area (Å²) in [7, 11) is 1.38. The van der Waals surface area contributed by atoms with Crippen molar-refractivity contribution in [2.45, 2.75) is 153 Å². The third-order valence-corrected chi connectivity index (χ3v) is 20.5. The third kappa shape index (κ3) is 12.1. The Hall–Kier alpha value is -5.70. The highest BCUT2D eigenvalue weighted by atomic mass is 35.5. The van der Waals surface area contributed by atoms with Gasteiger partial charge in [0.15, 0.2) is 10.3 Å². The Morgan fingerprint density at radius 2 is 1.04 bits per heavy atom. The van der Waals surface area contributed by atoms with Gasteiger partial charge in [-0.15, -0.1) is 0 Å². The van der Waals surface area contributed by atoms with E-state index in [1.54, 1.807) is 18.2 Å². The first kappa shape index (κ1) is 58.3. The number of benzene rings is 4. The Kier molecular flexibility index (Phi) is 16.5. The van der Waals surface area contributed by atoms with Gasteiger partial charge >= 0.3 is 11.9 Å². The van der Waals surface area contributed by atoms with Crippen molar-refractivity contribution < 1.29 is 47.4 Å². The number of carbonyl (C=O) groups excluding carboxylic acids is 1. The van der Waals surface area contributed by atoms with E-state index in [1.165, 1.54) is 29.8 Å². The molecule has 8 aromatic rings. The van der Waals surface area contributed by atoms with E-state index in [9.17, 15) is 14.7 Å². The Balaban J connectivity index is 0.000000158. The Labute approximate surface area is 519 Å². The minimum absolute atomic E-state index is 0.0485. The predicted octanol–water partition coefficient (Wildman–Crippen LogP) is 16.9. The number of hydrogen-bond acceptors (Lipinski definition) is 17. The van der Waals surface area contributed by atoms with Crippen LogP contribution in [-0.2, 0) is 27.4 Å². The number of fused-ring (bicyclic) bond motifs is 6. The zero-order valence-corrected chi connectivity index (χ0v) is 52.1. The van der Waals surface area contributed by atoms with Crippen LogP contribution >= 0.6 is 69.1 Å². The lowest BCUT2D eigenvalue weighted by atomic mass is 9.93. The molecule has 0 saturated heterocycles. The van der Waals surface area contributed by atoms with Crippen LogP contribution in [0.2, 0.25) is 20.1 Å². The van der Waals surface area contributed by atoms with E-state index >= 15 is 0 Å². The standard InChI is InChI=1S/C32H33Cl2N3O5S.C31H31Cl2N3O5S/c1-15(2)41-25-12-19(31(38)39-3)13-26-29(25)36-32(43-26)35-23-10-18-9-17(23)11-24(18)40-14-20-28(37-42-30(20)16-7-8-16)27-21(33)5-4-6-22(27)34;1-14(2)40-24-11-18(30(37)38)12-25-28(24)35-31(42-25)34-22-9-17-8-16(22)10-23(17)39-13-19-27(36-41-29(19)15-6-7-15)26-20(32)4-3-5-21(26)33/h4-6,12-13,15-18,23-24H,7-11,14H2,1-3H3,(H,35,36);3-5,11-12,14-17,22-23H,6-10,13H2,1-2H3,(H,34,35)(H,37,38)/t17-,18-,23-,24-;16-,17-,22-,23-/m00/s1. The van der Waals surface area contributed by atoms with Crippen LogP contribution in [0.5, 0.6) is 11.5 Å². The smallest absolute Gasteiger partial charge is 0.338 e. The zero-order chi connectivity index (χ0) is 58.9. The van der Waals surface area contributed by atoms with Crippen LogP contribution in [0.1, 0.15) is 147 Å². The van der Waals surface area contributed by atoms with Gasteiger partial charge in [-0.25, -0.2) is 19.6 Å².